The average Bonchev–Trinajstić information content (AvgIpc) is 2.03. The molecule has 6 N–H and O–H groups in total. The van der Waals surface area contributed by atoms with Crippen LogP contribution < -0.4 is 17.2 Å². The molecule has 12 heavy (non-hydrogen) atoms. The van der Waals surface area contributed by atoms with Crippen LogP contribution in [0.2, 0.25) is 0 Å². The molecule has 66 valence electrons. The van der Waals surface area contributed by atoms with Crippen molar-refractivity contribution in [1.29, 1.82) is 0 Å². The first kappa shape index (κ1) is 9.03. The Balaban J connectivity index is 3.01. The minimum Gasteiger partial charge on any atom is -0.398 e. The Morgan fingerprint density at radius 1 is 1.42 bits per heavy atom. The maximum atomic E-state index is 5.76. The van der Waals surface area contributed by atoms with E-state index < -0.39 is 0 Å². The summed E-state index contributed by atoms with van der Waals surface area (Å²) in [6.07, 6.45) is 0. The molecule has 0 radical (unpaired) electrons. The lowest BCUT2D eigenvalue weighted by Crippen LogP contribution is -2.21. The second-order valence-electron chi connectivity index (χ2n) is 2.97. The summed E-state index contributed by atoms with van der Waals surface area (Å²) in [7, 11) is 0. The van der Waals surface area contributed by atoms with Crippen molar-refractivity contribution in [1.82, 2.24) is 0 Å². The van der Waals surface area contributed by atoms with Crippen LogP contribution in [0.15, 0.2) is 18.2 Å². The number of nitrogens with two attached hydrogens (primary N) is 3. The van der Waals surface area contributed by atoms with E-state index in [1.54, 1.807) is 0 Å². The van der Waals surface area contributed by atoms with Crippen LogP contribution >= 0.6 is 0 Å². The van der Waals surface area contributed by atoms with Crippen molar-refractivity contribution in [3.05, 3.63) is 29.3 Å². The maximum absolute atomic E-state index is 5.76. The first-order chi connectivity index (χ1) is 5.65. The normalized spacial score (nSPS) is 12.9. The third-order valence-corrected chi connectivity index (χ3v) is 1.90. The highest BCUT2D eigenvalue weighted by Gasteiger charge is 2.06. The van der Waals surface area contributed by atoms with E-state index in [4.69, 9.17) is 17.2 Å². The molecule has 0 aromatic heterocycles. The van der Waals surface area contributed by atoms with E-state index in [2.05, 4.69) is 0 Å². The van der Waals surface area contributed by atoms with Gasteiger partial charge in [-0.05, 0) is 24.1 Å². The third kappa shape index (κ3) is 1.75. The summed E-state index contributed by atoms with van der Waals surface area (Å²) in [4.78, 5) is 0. The van der Waals surface area contributed by atoms with Crippen molar-refractivity contribution in [2.24, 2.45) is 11.5 Å². The van der Waals surface area contributed by atoms with E-state index in [-0.39, 0.29) is 6.04 Å². The predicted octanol–water partition coefficient (Wildman–Crippen LogP) is 0.536. The molecule has 0 heterocycles. The number of benzene rings is 1. The fourth-order valence-corrected chi connectivity index (χ4v) is 1.16. The molecule has 0 saturated heterocycles. The largest absolute Gasteiger partial charge is 0.398 e. The summed E-state index contributed by atoms with van der Waals surface area (Å²) in [5.74, 6) is 0. The molecule has 0 saturated carbocycles. The minimum atomic E-state index is -0.148. The number of hydrogen-bond donors (Lipinski definition) is 3. The summed E-state index contributed by atoms with van der Waals surface area (Å²) in [5, 5.41) is 0. The lowest BCUT2D eigenvalue weighted by molar-refractivity contribution is 0.739. The van der Waals surface area contributed by atoms with Crippen molar-refractivity contribution < 1.29 is 0 Å². The standard InChI is InChI=1S/C9H15N3/c1-6-2-3-7(8(11)4-6)9(12)5-10/h2-4,9H,5,10-12H2,1H3/t9-/m0/s1. The molecule has 0 unspecified atom stereocenters. The van der Waals surface area contributed by atoms with Gasteiger partial charge in [0.15, 0.2) is 0 Å². The molecule has 1 aromatic carbocycles. The lowest BCUT2D eigenvalue weighted by Gasteiger charge is -2.12. The molecule has 0 amide bonds. The van der Waals surface area contributed by atoms with E-state index in [0.29, 0.717) is 6.54 Å². The molecule has 3 heteroatoms. The van der Waals surface area contributed by atoms with Gasteiger partial charge in [0, 0.05) is 18.3 Å². The van der Waals surface area contributed by atoms with Gasteiger partial charge in [0.1, 0.15) is 0 Å². The molecule has 1 atom stereocenters. The van der Waals surface area contributed by atoms with Gasteiger partial charge in [-0.2, -0.15) is 0 Å². The van der Waals surface area contributed by atoms with E-state index in [0.717, 1.165) is 16.8 Å². The van der Waals surface area contributed by atoms with Crippen molar-refractivity contribution in [2.75, 3.05) is 12.3 Å². The fourth-order valence-electron chi connectivity index (χ4n) is 1.16. The molecule has 0 aliphatic carbocycles. The smallest absolute Gasteiger partial charge is 0.0439 e. The van der Waals surface area contributed by atoms with E-state index >= 15 is 0 Å². The van der Waals surface area contributed by atoms with Gasteiger partial charge in [0.25, 0.3) is 0 Å². The summed E-state index contributed by atoms with van der Waals surface area (Å²) >= 11 is 0. The monoisotopic (exact) mass is 165 g/mol. The van der Waals surface area contributed by atoms with Crippen LogP contribution in [0.1, 0.15) is 17.2 Å². The minimum absolute atomic E-state index is 0.148. The van der Waals surface area contributed by atoms with Gasteiger partial charge in [-0.25, -0.2) is 0 Å². The lowest BCUT2D eigenvalue weighted by atomic mass is 10.0. The second-order valence-corrected chi connectivity index (χ2v) is 2.97. The first-order valence-electron chi connectivity index (χ1n) is 3.97. The molecular formula is C9H15N3. The maximum Gasteiger partial charge on any atom is 0.0439 e. The zero-order valence-electron chi connectivity index (χ0n) is 7.25. The average molecular weight is 165 g/mol. The van der Waals surface area contributed by atoms with Gasteiger partial charge in [-0.15, -0.1) is 0 Å². The Morgan fingerprint density at radius 2 is 2.08 bits per heavy atom. The molecule has 1 aromatic rings. The number of nitrogen functional groups attached to an aromatic ring is 1. The Hall–Kier alpha value is -1.06. The van der Waals surface area contributed by atoms with E-state index in [9.17, 15) is 0 Å². The Labute approximate surface area is 72.5 Å². The van der Waals surface area contributed by atoms with Gasteiger partial charge in [-0.1, -0.05) is 12.1 Å². The molecule has 0 bridgehead atoms. The third-order valence-electron chi connectivity index (χ3n) is 1.90. The molecule has 1 rings (SSSR count). The molecular weight excluding hydrogens is 150 g/mol. The highest BCUT2D eigenvalue weighted by Crippen LogP contribution is 2.18. The van der Waals surface area contributed by atoms with Crippen LogP contribution in [0.5, 0.6) is 0 Å². The second kappa shape index (κ2) is 3.56. The zero-order chi connectivity index (χ0) is 9.14. The SMILES string of the molecule is Cc1ccc([C@@H](N)CN)c(N)c1. The number of anilines is 1. The Kier molecular flexibility index (Phi) is 2.68. The highest BCUT2D eigenvalue weighted by molar-refractivity contribution is 5.50. The van der Waals surface area contributed by atoms with Crippen LogP contribution in [0.25, 0.3) is 0 Å². The van der Waals surface area contributed by atoms with Gasteiger partial charge in [0.2, 0.25) is 0 Å². The predicted molar refractivity (Wildman–Crippen MR) is 51.6 cm³/mol. The van der Waals surface area contributed by atoms with E-state index in [1.807, 2.05) is 25.1 Å². The van der Waals surface area contributed by atoms with Crippen LogP contribution in [-0.4, -0.2) is 6.54 Å². The van der Waals surface area contributed by atoms with Crippen LogP contribution in [0.4, 0.5) is 5.69 Å². The van der Waals surface area contributed by atoms with Crippen molar-refractivity contribution >= 4 is 5.69 Å². The number of hydrogen-bond acceptors (Lipinski definition) is 3. The van der Waals surface area contributed by atoms with Gasteiger partial charge >= 0.3 is 0 Å². The summed E-state index contributed by atoms with van der Waals surface area (Å²) < 4.78 is 0. The number of aryl methyl sites for hydroxylation is 1. The van der Waals surface area contributed by atoms with Crippen LogP contribution in [-0.2, 0) is 0 Å². The molecule has 3 nitrogen and oxygen atoms in total. The summed E-state index contributed by atoms with van der Waals surface area (Å²) in [5.41, 5.74) is 19.7. The van der Waals surface area contributed by atoms with Gasteiger partial charge in [0.05, 0.1) is 0 Å². The highest BCUT2D eigenvalue weighted by atomic mass is 14.7. The molecule has 0 aliphatic rings. The van der Waals surface area contributed by atoms with E-state index in [1.165, 1.54) is 0 Å². The van der Waals surface area contributed by atoms with Gasteiger partial charge in [-0.3, -0.25) is 0 Å². The van der Waals surface area contributed by atoms with Crippen molar-refractivity contribution in [3.63, 3.8) is 0 Å². The first-order valence-corrected chi connectivity index (χ1v) is 3.97. The van der Waals surface area contributed by atoms with Gasteiger partial charge < -0.3 is 17.2 Å². The molecule has 0 aliphatic heterocycles. The quantitative estimate of drug-likeness (QED) is 0.559. The van der Waals surface area contributed by atoms with Crippen molar-refractivity contribution in [2.45, 2.75) is 13.0 Å². The molecule has 0 fully saturated rings. The summed E-state index contributed by atoms with van der Waals surface area (Å²) in [6.45, 7) is 2.42. The Morgan fingerprint density at radius 3 is 2.58 bits per heavy atom. The topological polar surface area (TPSA) is 78.1 Å². The summed E-state index contributed by atoms with van der Waals surface area (Å²) in [6, 6.07) is 5.68. The molecule has 0 spiro atoms. The van der Waals surface area contributed by atoms with Crippen molar-refractivity contribution in [3.8, 4) is 0 Å². The van der Waals surface area contributed by atoms with Crippen LogP contribution in [0.3, 0.4) is 0 Å². The van der Waals surface area contributed by atoms with Crippen LogP contribution in [0, 0.1) is 6.92 Å². The Bertz CT molecular complexity index is 270. The zero-order valence-corrected chi connectivity index (χ0v) is 7.25. The fraction of sp³-hybridized carbons (Fsp3) is 0.333. The number of rotatable bonds is 2.